The van der Waals surface area contributed by atoms with Crippen molar-refractivity contribution in [3.05, 3.63) is 29.8 Å². The van der Waals surface area contributed by atoms with Gasteiger partial charge in [0.05, 0.1) is 5.60 Å². The summed E-state index contributed by atoms with van der Waals surface area (Å²) in [7, 11) is 4.09. The van der Waals surface area contributed by atoms with E-state index in [0.717, 1.165) is 24.1 Å². The topological polar surface area (TPSA) is 35.5 Å². The first-order valence-electron chi connectivity index (χ1n) is 7.34. The molecule has 2 aliphatic heterocycles. The first kappa shape index (κ1) is 12.9. The van der Waals surface area contributed by atoms with Crippen LogP contribution in [0.4, 0.5) is 5.69 Å². The fourth-order valence-corrected chi connectivity index (χ4v) is 3.81. The molecule has 0 radical (unpaired) electrons. The molecule has 2 aliphatic rings. The summed E-state index contributed by atoms with van der Waals surface area (Å²) >= 11 is 0. The molecule has 2 fully saturated rings. The van der Waals surface area contributed by atoms with Gasteiger partial charge in [-0.05, 0) is 31.7 Å². The molecule has 2 unspecified atom stereocenters. The van der Waals surface area contributed by atoms with Gasteiger partial charge in [0.1, 0.15) is 0 Å². The zero-order chi connectivity index (χ0) is 13.5. The predicted molar refractivity (Wildman–Crippen MR) is 78.5 cm³/mol. The fraction of sp³-hybridized carbons (Fsp3) is 0.625. The zero-order valence-electron chi connectivity index (χ0n) is 11.9. The van der Waals surface area contributed by atoms with Crippen molar-refractivity contribution in [2.24, 2.45) is 0 Å². The summed E-state index contributed by atoms with van der Waals surface area (Å²) in [5.74, 6) is 0. The summed E-state index contributed by atoms with van der Waals surface area (Å²) in [6.07, 6.45) is 5.38. The van der Waals surface area contributed by atoms with Gasteiger partial charge in [-0.1, -0.05) is 24.6 Å². The van der Waals surface area contributed by atoms with Crippen LogP contribution in [-0.4, -0.2) is 31.3 Å². The Bertz CT molecular complexity index is 446. The summed E-state index contributed by atoms with van der Waals surface area (Å²) in [6.45, 7) is 0. The number of para-hydroxylation sites is 1. The molecular weight excluding hydrogens is 236 g/mol. The summed E-state index contributed by atoms with van der Waals surface area (Å²) in [5.41, 5.74) is 1.57. The van der Waals surface area contributed by atoms with Crippen molar-refractivity contribution in [3.63, 3.8) is 0 Å². The van der Waals surface area contributed by atoms with Gasteiger partial charge in [0.15, 0.2) is 0 Å². The monoisotopic (exact) mass is 260 g/mol. The molecule has 2 N–H and O–H groups in total. The summed E-state index contributed by atoms with van der Waals surface area (Å²) in [4.78, 5) is 2.10. The Labute approximate surface area is 115 Å². The SMILES string of the molecule is CN(C)c1ccccc1C1(O)CC2CCCC(C1)N2. The lowest BCUT2D eigenvalue weighted by Crippen LogP contribution is -2.54. The second kappa shape index (κ2) is 4.80. The van der Waals surface area contributed by atoms with E-state index in [2.05, 4.69) is 22.3 Å². The first-order chi connectivity index (χ1) is 9.08. The normalized spacial score (nSPS) is 34.1. The highest BCUT2D eigenvalue weighted by Crippen LogP contribution is 2.42. The van der Waals surface area contributed by atoms with E-state index < -0.39 is 5.60 Å². The molecule has 2 bridgehead atoms. The highest BCUT2D eigenvalue weighted by Gasteiger charge is 2.42. The van der Waals surface area contributed by atoms with Crippen LogP contribution in [0, 0.1) is 0 Å². The summed E-state index contributed by atoms with van der Waals surface area (Å²) in [6, 6.07) is 9.24. The molecule has 19 heavy (non-hydrogen) atoms. The molecule has 0 spiro atoms. The largest absolute Gasteiger partial charge is 0.385 e. The molecular formula is C16H24N2O. The van der Waals surface area contributed by atoms with Crippen LogP contribution in [0.2, 0.25) is 0 Å². The third kappa shape index (κ3) is 2.37. The van der Waals surface area contributed by atoms with E-state index in [9.17, 15) is 5.11 Å². The number of anilines is 1. The Kier molecular flexibility index (Phi) is 3.27. The van der Waals surface area contributed by atoms with Crippen LogP contribution in [0.25, 0.3) is 0 Å². The van der Waals surface area contributed by atoms with Crippen LogP contribution in [-0.2, 0) is 5.60 Å². The standard InChI is InChI=1S/C16H24N2O/c1-18(2)15-9-4-3-8-14(15)16(19)10-12-6-5-7-13(11-16)17-12/h3-4,8-9,12-13,17,19H,5-7,10-11H2,1-2H3. The maximum absolute atomic E-state index is 11.2. The van der Waals surface area contributed by atoms with Crippen molar-refractivity contribution in [2.75, 3.05) is 19.0 Å². The van der Waals surface area contributed by atoms with Gasteiger partial charge < -0.3 is 15.3 Å². The minimum Gasteiger partial charge on any atom is -0.385 e. The molecule has 3 nitrogen and oxygen atoms in total. The van der Waals surface area contributed by atoms with Crippen LogP contribution < -0.4 is 10.2 Å². The van der Waals surface area contributed by atoms with E-state index in [4.69, 9.17) is 0 Å². The number of piperidine rings is 2. The van der Waals surface area contributed by atoms with Crippen LogP contribution in [0.1, 0.15) is 37.7 Å². The number of nitrogens with one attached hydrogen (secondary N) is 1. The average molecular weight is 260 g/mol. The van der Waals surface area contributed by atoms with E-state index >= 15 is 0 Å². The third-order valence-electron chi connectivity index (χ3n) is 4.63. The number of rotatable bonds is 2. The van der Waals surface area contributed by atoms with Gasteiger partial charge in [0.25, 0.3) is 0 Å². The van der Waals surface area contributed by atoms with Crippen molar-refractivity contribution in [1.82, 2.24) is 5.32 Å². The van der Waals surface area contributed by atoms with Crippen molar-refractivity contribution in [3.8, 4) is 0 Å². The Morgan fingerprint density at radius 3 is 2.42 bits per heavy atom. The Balaban J connectivity index is 1.96. The van der Waals surface area contributed by atoms with Gasteiger partial charge in [-0.3, -0.25) is 0 Å². The smallest absolute Gasteiger partial charge is 0.0946 e. The molecule has 104 valence electrons. The second-order valence-corrected chi connectivity index (χ2v) is 6.34. The number of nitrogens with zero attached hydrogens (tertiary/aromatic N) is 1. The van der Waals surface area contributed by atoms with Gasteiger partial charge in [-0.15, -0.1) is 0 Å². The second-order valence-electron chi connectivity index (χ2n) is 6.34. The van der Waals surface area contributed by atoms with E-state index in [1.54, 1.807) is 0 Å². The Morgan fingerprint density at radius 2 is 1.79 bits per heavy atom. The van der Waals surface area contributed by atoms with Gasteiger partial charge in [0.2, 0.25) is 0 Å². The molecule has 1 aromatic carbocycles. The zero-order valence-corrected chi connectivity index (χ0v) is 11.9. The fourth-order valence-electron chi connectivity index (χ4n) is 3.81. The molecule has 3 rings (SSSR count). The number of hydrogen-bond donors (Lipinski definition) is 2. The van der Waals surface area contributed by atoms with Gasteiger partial charge in [-0.2, -0.15) is 0 Å². The number of benzene rings is 1. The lowest BCUT2D eigenvalue weighted by Gasteiger charge is -2.46. The molecule has 2 heterocycles. The summed E-state index contributed by atoms with van der Waals surface area (Å²) in [5, 5.41) is 14.9. The molecule has 2 atom stereocenters. The number of aliphatic hydroxyl groups is 1. The molecule has 3 heteroatoms. The number of hydrogen-bond acceptors (Lipinski definition) is 3. The molecule has 2 saturated heterocycles. The first-order valence-corrected chi connectivity index (χ1v) is 7.34. The van der Waals surface area contributed by atoms with Crippen molar-refractivity contribution >= 4 is 5.69 Å². The third-order valence-corrected chi connectivity index (χ3v) is 4.63. The maximum Gasteiger partial charge on any atom is 0.0946 e. The highest BCUT2D eigenvalue weighted by atomic mass is 16.3. The molecule has 0 aliphatic carbocycles. The molecule has 0 amide bonds. The Morgan fingerprint density at radius 1 is 1.16 bits per heavy atom. The predicted octanol–water partition coefficient (Wildman–Crippen LogP) is 2.24. The molecule has 0 aromatic heterocycles. The van der Waals surface area contributed by atoms with Gasteiger partial charge in [0, 0.05) is 37.4 Å². The van der Waals surface area contributed by atoms with Crippen LogP contribution in [0.15, 0.2) is 24.3 Å². The minimum absolute atomic E-state index is 0.479. The van der Waals surface area contributed by atoms with Crippen LogP contribution >= 0.6 is 0 Å². The van der Waals surface area contributed by atoms with Crippen LogP contribution in [0.3, 0.4) is 0 Å². The number of fused-ring (bicyclic) bond motifs is 2. The van der Waals surface area contributed by atoms with E-state index in [1.165, 1.54) is 19.3 Å². The van der Waals surface area contributed by atoms with Crippen molar-refractivity contribution < 1.29 is 5.11 Å². The lowest BCUT2D eigenvalue weighted by molar-refractivity contribution is -0.0354. The van der Waals surface area contributed by atoms with E-state index in [0.29, 0.717) is 12.1 Å². The van der Waals surface area contributed by atoms with E-state index in [1.807, 2.05) is 26.2 Å². The van der Waals surface area contributed by atoms with Gasteiger partial charge >= 0.3 is 0 Å². The van der Waals surface area contributed by atoms with Crippen LogP contribution in [0.5, 0.6) is 0 Å². The molecule has 0 saturated carbocycles. The van der Waals surface area contributed by atoms with Gasteiger partial charge in [-0.25, -0.2) is 0 Å². The lowest BCUT2D eigenvalue weighted by atomic mass is 9.73. The maximum atomic E-state index is 11.2. The van der Waals surface area contributed by atoms with E-state index in [-0.39, 0.29) is 0 Å². The highest BCUT2D eigenvalue weighted by molar-refractivity contribution is 5.55. The van der Waals surface area contributed by atoms with Crippen molar-refractivity contribution in [2.45, 2.75) is 49.8 Å². The molecule has 1 aromatic rings. The average Bonchev–Trinajstić information content (AvgIpc) is 2.38. The quantitative estimate of drug-likeness (QED) is 0.856. The minimum atomic E-state index is -0.665. The van der Waals surface area contributed by atoms with Crippen molar-refractivity contribution in [1.29, 1.82) is 0 Å². The summed E-state index contributed by atoms with van der Waals surface area (Å²) < 4.78 is 0. The Hall–Kier alpha value is -1.06.